The number of carbonyl (C=O) groups is 1. The van der Waals surface area contributed by atoms with E-state index in [0.29, 0.717) is 30.4 Å². The zero-order valence-electron chi connectivity index (χ0n) is 15.9. The van der Waals surface area contributed by atoms with Gasteiger partial charge in [0.1, 0.15) is 19.0 Å². The number of rotatable bonds is 4. The number of piperazine rings is 1. The second-order valence-corrected chi connectivity index (χ2v) is 7.06. The zero-order valence-corrected chi connectivity index (χ0v) is 15.9. The van der Waals surface area contributed by atoms with Gasteiger partial charge in [0.05, 0.1) is 6.04 Å². The van der Waals surface area contributed by atoms with Gasteiger partial charge in [0.15, 0.2) is 11.5 Å². The number of hydrogen-bond acceptors (Lipinski definition) is 6. The molecule has 1 saturated heterocycles. The Hall–Kier alpha value is -2.93. The second kappa shape index (κ2) is 7.98. The molecular weight excluding hydrogens is 358 g/mol. The van der Waals surface area contributed by atoms with Crippen molar-refractivity contribution in [1.82, 2.24) is 4.90 Å². The first-order valence-corrected chi connectivity index (χ1v) is 9.59. The number of fused-ring (bicyclic) bond motifs is 1. The van der Waals surface area contributed by atoms with Crippen molar-refractivity contribution in [3.63, 3.8) is 0 Å². The van der Waals surface area contributed by atoms with Crippen LogP contribution < -0.4 is 19.7 Å². The van der Waals surface area contributed by atoms with Gasteiger partial charge in [-0.25, -0.2) is 0 Å². The number of nitrogens with one attached hydrogen (secondary N) is 1. The first-order chi connectivity index (χ1) is 13.6. The number of amides is 1. The van der Waals surface area contributed by atoms with E-state index >= 15 is 0 Å². The Labute approximate surface area is 164 Å². The largest absolute Gasteiger partial charge is 0.508 e. The van der Waals surface area contributed by atoms with Crippen molar-refractivity contribution in [1.29, 1.82) is 0 Å². The van der Waals surface area contributed by atoms with E-state index in [9.17, 15) is 9.90 Å². The summed E-state index contributed by atoms with van der Waals surface area (Å²) in [5.74, 6) is 1.61. The van der Waals surface area contributed by atoms with Crippen LogP contribution in [0.1, 0.15) is 6.92 Å². The summed E-state index contributed by atoms with van der Waals surface area (Å²) in [5, 5.41) is 12.4. The number of carbonyl (C=O) groups excluding carboxylic acids is 1. The summed E-state index contributed by atoms with van der Waals surface area (Å²) in [6.07, 6.45) is 0. The van der Waals surface area contributed by atoms with Gasteiger partial charge in [0.25, 0.3) is 0 Å². The molecule has 4 rings (SSSR count). The van der Waals surface area contributed by atoms with Crippen LogP contribution in [-0.4, -0.2) is 61.3 Å². The molecule has 0 bridgehead atoms. The molecule has 2 N–H and O–H groups in total. The van der Waals surface area contributed by atoms with Gasteiger partial charge in [0, 0.05) is 43.6 Å². The molecule has 7 heteroatoms. The number of nitrogens with zero attached hydrogens (tertiary/aromatic N) is 2. The van der Waals surface area contributed by atoms with Crippen LogP contribution in [0.15, 0.2) is 42.5 Å². The molecule has 2 aromatic rings. The number of aromatic hydroxyl groups is 1. The van der Waals surface area contributed by atoms with Gasteiger partial charge in [-0.2, -0.15) is 0 Å². The number of benzene rings is 2. The van der Waals surface area contributed by atoms with Crippen LogP contribution in [0.3, 0.4) is 0 Å². The Morgan fingerprint density at radius 1 is 1.00 bits per heavy atom. The smallest absolute Gasteiger partial charge is 0.241 e. The van der Waals surface area contributed by atoms with Crippen molar-refractivity contribution >= 4 is 17.3 Å². The van der Waals surface area contributed by atoms with E-state index in [-0.39, 0.29) is 17.7 Å². The lowest BCUT2D eigenvalue weighted by Crippen LogP contribution is -2.52. The highest BCUT2D eigenvalue weighted by atomic mass is 16.6. The minimum Gasteiger partial charge on any atom is -0.508 e. The molecule has 0 saturated carbocycles. The molecule has 28 heavy (non-hydrogen) atoms. The molecule has 2 heterocycles. The maximum absolute atomic E-state index is 12.7. The van der Waals surface area contributed by atoms with E-state index in [1.807, 2.05) is 37.3 Å². The van der Waals surface area contributed by atoms with Crippen molar-refractivity contribution in [2.45, 2.75) is 13.0 Å². The van der Waals surface area contributed by atoms with Crippen LogP contribution in [0.25, 0.3) is 0 Å². The molecule has 0 aromatic heterocycles. The van der Waals surface area contributed by atoms with Crippen molar-refractivity contribution in [2.24, 2.45) is 0 Å². The van der Waals surface area contributed by atoms with Crippen molar-refractivity contribution in [3.05, 3.63) is 42.5 Å². The molecule has 0 aliphatic carbocycles. The Kier molecular flexibility index (Phi) is 5.25. The molecule has 2 aromatic carbocycles. The molecule has 0 radical (unpaired) electrons. The lowest BCUT2D eigenvalue weighted by Gasteiger charge is -2.38. The quantitative estimate of drug-likeness (QED) is 0.844. The predicted octanol–water partition coefficient (Wildman–Crippen LogP) is 2.31. The summed E-state index contributed by atoms with van der Waals surface area (Å²) in [5.41, 5.74) is 1.80. The highest BCUT2D eigenvalue weighted by molar-refractivity contribution is 5.94. The normalized spacial score (nSPS) is 17.8. The van der Waals surface area contributed by atoms with E-state index in [2.05, 4.69) is 15.1 Å². The van der Waals surface area contributed by atoms with Gasteiger partial charge in [0.2, 0.25) is 5.91 Å². The molecule has 7 nitrogen and oxygen atoms in total. The molecule has 1 fully saturated rings. The lowest BCUT2D eigenvalue weighted by atomic mass is 10.2. The number of anilines is 2. The summed E-state index contributed by atoms with van der Waals surface area (Å²) in [7, 11) is 0. The van der Waals surface area contributed by atoms with Crippen LogP contribution in [0.4, 0.5) is 11.4 Å². The standard InChI is InChI=1S/C21H25N3O4/c1-15(21(26)22-16-2-7-19-20(14-16)28-13-12-27-19)23-8-10-24(11-9-23)17-3-5-18(25)6-4-17/h2-7,14-15,25H,8-13H2,1H3,(H,22,26)/t15-/m0/s1. The third-order valence-electron chi connectivity index (χ3n) is 5.27. The second-order valence-electron chi connectivity index (χ2n) is 7.06. The number of phenols is 1. The fourth-order valence-corrected chi connectivity index (χ4v) is 3.56. The summed E-state index contributed by atoms with van der Waals surface area (Å²) >= 11 is 0. The first kappa shape index (κ1) is 18.4. The Morgan fingerprint density at radius 3 is 2.39 bits per heavy atom. The van der Waals surface area contributed by atoms with E-state index in [0.717, 1.165) is 31.9 Å². The number of ether oxygens (including phenoxy) is 2. The van der Waals surface area contributed by atoms with Gasteiger partial charge in [-0.1, -0.05) is 0 Å². The monoisotopic (exact) mass is 383 g/mol. The van der Waals surface area contributed by atoms with Crippen molar-refractivity contribution in [3.8, 4) is 17.2 Å². The van der Waals surface area contributed by atoms with E-state index in [4.69, 9.17) is 9.47 Å². The minimum atomic E-state index is -0.227. The maximum Gasteiger partial charge on any atom is 0.241 e. The topological polar surface area (TPSA) is 74.3 Å². The van der Waals surface area contributed by atoms with Crippen molar-refractivity contribution < 1.29 is 19.4 Å². The van der Waals surface area contributed by atoms with Gasteiger partial charge >= 0.3 is 0 Å². The summed E-state index contributed by atoms with van der Waals surface area (Å²) in [6.45, 7) is 6.29. The molecule has 148 valence electrons. The van der Waals surface area contributed by atoms with Gasteiger partial charge < -0.3 is 24.8 Å². The van der Waals surface area contributed by atoms with Gasteiger partial charge in [-0.3, -0.25) is 9.69 Å². The molecular formula is C21H25N3O4. The van der Waals surface area contributed by atoms with Gasteiger partial charge in [-0.05, 0) is 43.3 Å². The van der Waals surface area contributed by atoms with Crippen LogP contribution >= 0.6 is 0 Å². The Bertz CT molecular complexity index is 832. The molecule has 2 aliphatic heterocycles. The van der Waals surface area contributed by atoms with Crippen LogP contribution in [0, 0.1) is 0 Å². The number of phenolic OH excluding ortho intramolecular Hbond substituents is 1. The number of hydrogen-bond donors (Lipinski definition) is 2. The summed E-state index contributed by atoms with van der Waals surface area (Å²) < 4.78 is 11.1. The molecule has 2 aliphatic rings. The van der Waals surface area contributed by atoms with Crippen LogP contribution in [-0.2, 0) is 4.79 Å². The predicted molar refractivity (Wildman–Crippen MR) is 107 cm³/mol. The first-order valence-electron chi connectivity index (χ1n) is 9.59. The van der Waals surface area contributed by atoms with Crippen LogP contribution in [0.5, 0.6) is 17.2 Å². The highest BCUT2D eigenvalue weighted by Crippen LogP contribution is 2.32. The SMILES string of the molecule is C[C@@H](C(=O)Nc1ccc2c(c1)OCCO2)N1CCN(c2ccc(O)cc2)CC1. The molecule has 0 spiro atoms. The fourth-order valence-electron chi connectivity index (χ4n) is 3.56. The van der Waals surface area contributed by atoms with Crippen LogP contribution in [0.2, 0.25) is 0 Å². The maximum atomic E-state index is 12.7. The van der Waals surface area contributed by atoms with Crippen molar-refractivity contribution in [2.75, 3.05) is 49.6 Å². The summed E-state index contributed by atoms with van der Waals surface area (Å²) in [6, 6.07) is 12.5. The third-order valence-corrected chi connectivity index (χ3v) is 5.27. The minimum absolute atomic E-state index is 0.0326. The average molecular weight is 383 g/mol. The Balaban J connectivity index is 1.32. The third kappa shape index (κ3) is 3.99. The summed E-state index contributed by atoms with van der Waals surface area (Å²) in [4.78, 5) is 17.2. The van der Waals surface area contributed by atoms with E-state index < -0.39 is 0 Å². The molecule has 0 unspecified atom stereocenters. The molecule has 1 amide bonds. The lowest BCUT2D eigenvalue weighted by molar-refractivity contribution is -0.120. The molecule has 1 atom stereocenters. The highest BCUT2D eigenvalue weighted by Gasteiger charge is 2.26. The van der Waals surface area contributed by atoms with E-state index in [1.54, 1.807) is 12.1 Å². The fraction of sp³-hybridized carbons (Fsp3) is 0.381. The average Bonchev–Trinajstić information content (AvgIpc) is 2.74. The van der Waals surface area contributed by atoms with E-state index in [1.165, 1.54) is 0 Å². The van der Waals surface area contributed by atoms with Gasteiger partial charge in [-0.15, -0.1) is 0 Å². The Morgan fingerprint density at radius 2 is 1.68 bits per heavy atom. The zero-order chi connectivity index (χ0) is 19.5.